The second-order valence-corrected chi connectivity index (χ2v) is 3.50. The van der Waals surface area contributed by atoms with Crippen molar-refractivity contribution >= 4 is 5.97 Å². The topological polar surface area (TPSA) is 55.1 Å². The maximum absolute atomic E-state index is 10.6. The monoisotopic (exact) mass is 180 g/mol. The van der Waals surface area contributed by atoms with Gasteiger partial charge in [0.05, 0.1) is 0 Å². The van der Waals surface area contributed by atoms with E-state index >= 15 is 0 Å². The number of hydrogen-bond acceptors (Lipinski definition) is 2. The summed E-state index contributed by atoms with van der Waals surface area (Å²) < 4.78 is 1.98. The predicted molar refractivity (Wildman–Crippen MR) is 46.8 cm³/mol. The zero-order chi connectivity index (χ0) is 9.42. The van der Waals surface area contributed by atoms with Gasteiger partial charge in [-0.3, -0.25) is 0 Å². The smallest absolute Gasteiger partial charge is 0.356 e. The largest absolute Gasteiger partial charge is 0.476 e. The van der Waals surface area contributed by atoms with Gasteiger partial charge in [0.2, 0.25) is 0 Å². The average molecular weight is 180 g/mol. The maximum Gasteiger partial charge on any atom is 0.356 e. The molecule has 1 aliphatic heterocycles. The van der Waals surface area contributed by atoms with E-state index in [1.54, 1.807) is 6.20 Å². The van der Waals surface area contributed by atoms with Gasteiger partial charge in [0.1, 0.15) is 5.82 Å². The molecule has 13 heavy (non-hydrogen) atoms. The van der Waals surface area contributed by atoms with Crippen LogP contribution in [-0.4, -0.2) is 20.6 Å². The number of aromatic carboxylic acids is 1. The number of aryl methyl sites for hydroxylation is 1. The van der Waals surface area contributed by atoms with Gasteiger partial charge < -0.3 is 9.67 Å². The molecular formula is C9H12N2O2. The molecule has 1 aromatic heterocycles. The van der Waals surface area contributed by atoms with Crippen LogP contribution in [0, 0.1) is 0 Å². The van der Waals surface area contributed by atoms with Crippen molar-refractivity contribution in [2.24, 2.45) is 0 Å². The molecule has 1 atom stereocenters. The fourth-order valence-corrected chi connectivity index (χ4v) is 1.80. The first-order chi connectivity index (χ1) is 6.18. The van der Waals surface area contributed by atoms with Gasteiger partial charge in [-0.25, -0.2) is 9.78 Å². The third-order valence-electron chi connectivity index (χ3n) is 2.53. The lowest BCUT2D eigenvalue weighted by molar-refractivity contribution is 0.0691. The summed E-state index contributed by atoms with van der Waals surface area (Å²) in [6.45, 7) is 2.09. The van der Waals surface area contributed by atoms with Crippen LogP contribution in [0.4, 0.5) is 0 Å². The van der Waals surface area contributed by atoms with Gasteiger partial charge in [-0.2, -0.15) is 0 Å². The summed E-state index contributed by atoms with van der Waals surface area (Å²) in [6.07, 6.45) is 4.76. The van der Waals surface area contributed by atoms with Crippen LogP contribution < -0.4 is 0 Å². The Hall–Kier alpha value is -1.32. The van der Waals surface area contributed by atoms with E-state index in [1.165, 1.54) is 0 Å². The first-order valence-electron chi connectivity index (χ1n) is 4.49. The number of hydrogen-bond donors (Lipinski definition) is 1. The Labute approximate surface area is 76.2 Å². The van der Waals surface area contributed by atoms with Crippen molar-refractivity contribution < 1.29 is 9.90 Å². The maximum atomic E-state index is 10.6. The number of rotatable bonds is 1. The number of aromatic nitrogens is 2. The molecule has 1 N–H and O–H groups in total. The highest BCUT2D eigenvalue weighted by Crippen LogP contribution is 2.23. The van der Waals surface area contributed by atoms with E-state index in [9.17, 15) is 4.79 Å². The number of fused-ring (bicyclic) bond motifs is 1. The molecule has 2 heterocycles. The molecule has 0 unspecified atom stereocenters. The van der Waals surface area contributed by atoms with E-state index in [-0.39, 0.29) is 5.69 Å². The van der Waals surface area contributed by atoms with Crippen molar-refractivity contribution in [1.29, 1.82) is 0 Å². The zero-order valence-corrected chi connectivity index (χ0v) is 7.53. The Morgan fingerprint density at radius 2 is 2.54 bits per heavy atom. The summed E-state index contributed by atoms with van der Waals surface area (Å²) >= 11 is 0. The summed E-state index contributed by atoms with van der Waals surface area (Å²) in [6, 6.07) is 0.393. The molecule has 0 aliphatic carbocycles. The Morgan fingerprint density at radius 1 is 1.77 bits per heavy atom. The van der Waals surface area contributed by atoms with Crippen LogP contribution in [0.15, 0.2) is 6.20 Å². The van der Waals surface area contributed by atoms with Gasteiger partial charge in [-0.1, -0.05) is 0 Å². The van der Waals surface area contributed by atoms with E-state index in [0.29, 0.717) is 6.04 Å². The normalized spacial score (nSPS) is 21.2. The van der Waals surface area contributed by atoms with Crippen LogP contribution in [-0.2, 0) is 6.42 Å². The number of carbonyl (C=O) groups is 1. The van der Waals surface area contributed by atoms with Crippen molar-refractivity contribution in [1.82, 2.24) is 9.55 Å². The minimum absolute atomic E-state index is 0.170. The standard InChI is InChI=1S/C9H12N2O2/c1-6-3-2-4-8-10-7(9(12)13)5-11(6)8/h5-6H,2-4H2,1H3,(H,12,13)/t6-/m1/s1. The van der Waals surface area contributed by atoms with Gasteiger partial charge in [0, 0.05) is 18.7 Å². The molecule has 0 bridgehead atoms. The van der Waals surface area contributed by atoms with Gasteiger partial charge >= 0.3 is 5.97 Å². The average Bonchev–Trinajstić information content (AvgIpc) is 2.49. The summed E-state index contributed by atoms with van der Waals surface area (Å²) in [5.74, 6) is -0.0229. The van der Waals surface area contributed by atoms with E-state index in [1.807, 2.05) is 4.57 Å². The molecule has 4 nitrogen and oxygen atoms in total. The molecule has 1 aromatic rings. The van der Waals surface area contributed by atoms with E-state index in [2.05, 4.69) is 11.9 Å². The first-order valence-corrected chi connectivity index (χ1v) is 4.49. The summed E-state index contributed by atoms with van der Waals surface area (Å²) in [5, 5.41) is 8.74. The first kappa shape index (κ1) is 8.29. The molecule has 0 spiro atoms. The molecule has 0 aromatic carbocycles. The van der Waals surface area contributed by atoms with Gasteiger partial charge in [0.15, 0.2) is 5.69 Å². The Morgan fingerprint density at radius 3 is 3.15 bits per heavy atom. The Bertz CT molecular complexity index is 343. The van der Waals surface area contributed by atoms with Crippen LogP contribution in [0.3, 0.4) is 0 Å². The van der Waals surface area contributed by atoms with Crippen LogP contribution in [0.25, 0.3) is 0 Å². The number of carboxylic acids is 1. The van der Waals surface area contributed by atoms with Gasteiger partial charge in [0.25, 0.3) is 0 Å². The molecule has 4 heteroatoms. The lowest BCUT2D eigenvalue weighted by Crippen LogP contribution is -2.14. The van der Waals surface area contributed by atoms with Crippen molar-refractivity contribution in [3.63, 3.8) is 0 Å². The quantitative estimate of drug-likeness (QED) is 0.712. The second kappa shape index (κ2) is 2.87. The third-order valence-corrected chi connectivity index (χ3v) is 2.53. The number of imidazole rings is 1. The molecule has 0 saturated heterocycles. The minimum atomic E-state index is -0.936. The lowest BCUT2D eigenvalue weighted by atomic mass is 10.1. The summed E-state index contributed by atoms with van der Waals surface area (Å²) in [5.41, 5.74) is 0.170. The van der Waals surface area contributed by atoms with Crippen molar-refractivity contribution in [2.75, 3.05) is 0 Å². The minimum Gasteiger partial charge on any atom is -0.476 e. The zero-order valence-electron chi connectivity index (χ0n) is 7.53. The van der Waals surface area contributed by atoms with Crippen molar-refractivity contribution in [3.05, 3.63) is 17.7 Å². The third kappa shape index (κ3) is 1.32. The number of nitrogens with zero attached hydrogens (tertiary/aromatic N) is 2. The van der Waals surface area contributed by atoms with Crippen LogP contribution in [0.5, 0.6) is 0 Å². The molecule has 2 rings (SSSR count). The molecule has 0 radical (unpaired) electrons. The van der Waals surface area contributed by atoms with E-state index in [0.717, 1.165) is 25.1 Å². The summed E-state index contributed by atoms with van der Waals surface area (Å²) in [4.78, 5) is 14.7. The molecule has 1 aliphatic rings. The van der Waals surface area contributed by atoms with Gasteiger partial charge in [-0.15, -0.1) is 0 Å². The highest BCUT2D eigenvalue weighted by Gasteiger charge is 2.20. The molecule has 0 fully saturated rings. The highest BCUT2D eigenvalue weighted by atomic mass is 16.4. The van der Waals surface area contributed by atoms with Crippen molar-refractivity contribution in [3.8, 4) is 0 Å². The molecule has 70 valence electrons. The molecule has 0 saturated carbocycles. The second-order valence-electron chi connectivity index (χ2n) is 3.50. The highest BCUT2D eigenvalue weighted by molar-refractivity contribution is 5.85. The van der Waals surface area contributed by atoms with Crippen molar-refractivity contribution in [2.45, 2.75) is 32.2 Å². The molecule has 0 amide bonds. The van der Waals surface area contributed by atoms with Crippen LogP contribution in [0.1, 0.15) is 42.1 Å². The predicted octanol–water partition coefficient (Wildman–Crippen LogP) is 1.48. The molecular weight excluding hydrogens is 168 g/mol. The van der Waals surface area contributed by atoms with Gasteiger partial charge in [-0.05, 0) is 19.8 Å². The fourth-order valence-electron chi connectivity index (χ4n) is 1.80. The van der Waals surface area contributed by atoms with E-state index in [4.69, 9.17) is 5.11 Å². The Balaban J connectivity index is 2.42. The summed E-state index contributed by atoms with van der Waals surface area (Å²) in [7, 11) is 0. The van der Waals surface area contributed by atoms with Crippen LogP contribution >= 0.6 is 0 Å². The van der Waals surface area contributed by atoms with Crippen LogP contribution in [0.2, 0.25) is 0 Å². The fraction of sp³-hybridized carbons (Fsp3) is 0.556. The number of carboxylic acid groups (broad SMARTS) is 1. The Kier molecular flexibility index (Phi) is 1.83. The van der Waals surface area contributed by atoms with E-state index < -0.39 is 5.97 Å². The lowest BCUT2D eigenvalue weighted by Gasteiger charge is -2.20. The SMILES string of the molecule is C[C@@H]1CCCc2nc(C(=O)O)cn21.